The van der Waals surface area contributed by atoms with Crippen molar-refractivity contribution in [3.05, 3.63) is 29.8 Å². The first kappa shape index (κ1) is 14.2. The first-order chi connectivity index (χ1) is 6.91. The van der Waals surface area contributed by atoms with Crippen molar-refractivity contribution >= 4 is 12.6 Å². The number of hydrogen-bond acceptors (Lipinski definition) is 2. The van der Waals surface area contributed by atoms with Gasteiger partial charge in [-0.3, -0.25) is 0 Å². The van der Waals surface area contributed by atoms with Crippen LogP contribution in [0.25, 0.3) is 0 Å². The van der Waals surface area contributed by atoms with Crippen LogP contribution in [0, 0.1) is 0 Å². The fourth-order valence-corrected chi connectivity index (χ4v) is 1.16. The van der Waals surface area contributed by atoms with E-state index in [0.29, 0.717) is 5.46 Å². The molecule has 0 aliphatic rings. The molecule has 3 heteroatoms. The van der Waals surface area contributed by atoms with E-state index in [9.17, 15) is 0 Å². The minimum Gasteiger partial charge on any atom is -0.423 e. The van der Waals surface area contributed by atoms with E-state index in [1.165, 1.54) is 5.56 Å². The van der Waals surface area contributed by atoms with E-state index in [1.807, 2.05) is 26.0 Å². The summed E-state index contributed by atoms with van der Waals surface area (Å²) in [5.74, 6) is 0. The van der Waals surface area contributed by atoms with Crippen LogP contribution in [0.2, 0.25) is 0 Å². The molecule has 0 saturated carbocycles. The number of benzene rings is 1. The Labute approximate surface area is 93.1 Å². The summed E-state index contributed by atoms with van der Waals surface area (Å²) in [4.78, 5) is 0. The molecule has 1 aromatic rings. The van der Waals surface area contributed by atoms with Gasteiger partial charge >= 0.3 is 7.12 Å². The molecular formula is C12H21BO2. The van der Waals surface area contributed by atoms with Crippen LogP contribution in [-0.2, 0) is 5.41 Å². The van der Waals surface area contributed by atoms with Gasteiger partial charge in [0.1, 0.15) is 0 Å². The molecule has 2 nitrogen and oxygen atoms in total. The van der Waals surface area contributed by atoms with Crippen molar-refractivity contribution in [3.8, 4) is 0 Å². The van der Waals surface area contributed by atoms with Gasteiger partial charge in [-0.2, -0.15) is 0 Å². The van der Waals surface area contributed by atoms with Gasteiger partial charge in [0.05, 0.1) is 0 Å². The number of rotatable bonds is 1. The zero-order valence-corrected chi connectivity index (χ0v) is 10.3. The average molecular weight is 208 g/mol. The van der Waals surface area contributed by atoms with Crippen LogP contribution < -0.4 is 5.46 Å². The summed E-state index contributed by atoms with van der Waals surface area (Å²) in [5, 5.41) is 17.7. The molecule has 0 radical (unpaired) electrons. The smallest absolute Gasteiger partial charge is 0.423 e. The zero-order valence-electron chi connectivity index (χ0n) is 10.3. The first-order valence-corrected chi connectivity index (χ1v) is 5.38. The van der Waals surface area contributed by atoms with Crippen molar-refractivity contribution in [1.29, 1.82) is 0 Å². The van der Waals surface area contributed by atoms with Gasteiger partial charge in [-0.05, 0) is 16.4 Å². The topological polar surface area (TPSA) is 40.5 Å². The normalized spacial score (nSPS) is 10.3. The third-order valence-corrected chi connectivity index (χ3v) is 2.07. The largest absolute Gasteiger partial charge is 0.488 e. The van der Waals surface area contributed by atoms with Crippen molar-refractivity contribution in [3.63, 3.8) is 0 Å². The number of hydrogen-bond donors (Lipinski definition) is 2. The Morgan fingerprint density at radius 3 is 1.60 bits per heavy atom. The highest BCUT2D eigenvalue weighted by molar-refractivity contribution is 6.58. The van der Waals surface area contributed by atoms with Crippen LogP contribution >= 0.6 is 0 Å². The van der Waals surface area contributed by atoms with Crippen LogP contribution in [0.15, 0.2) is 24.3 Å². The molecule has 15 heavy (non-hydrogen) atoms. The molecule has 0 unspecified atom stereocenters. The lowest BCUT2D eigenvalue weighted by Gasteiger charge is -2.19. The Kier molecular flexibility index (Phi) is 5.62. The maximum Gasteiger partial charge on any atom is 0.488 e. The van der Waals surface area contributed by atoms with Crippen molar-refractivity contribution < 1.29 is 10.0 Å². The zero-order chi connectivity index (χ0) is 12.1. The lowest BCUT2D eigenvalue weighted by atomic mass is 9.78. The second-order valence-corrected chi connectivity index (χ2v) is 4.25. The molecule has 0 aromatic heterocycles. The van der Waals surface area contributed by atoms with E-state index in [0.717, 1.165) is 0 Å². The summed E-state index contributed by atoms with van der Waals surface area (Å²) in [5.41, 5.74) is 1.84. The van der Waals surface area contributed by atoms with Crippen LogP contribution in [0.3, 0.4) is 0 Å². The second-order valence-electron chi connectivity index (χ2n) is 4.25. The molecule has 84 valence electrons. The average Bonchev–Trinajstić information content (AvgIpc) is 2.20. The third-order valence-electron chi connectivity index (χ3n) is 2.07. The molecule has 0 atom stereocenters. The van der Waals surface area contributed by atoms with Gasteiger partial charge in [-0.1, -0.05) is 58.9 Å². The Morgan fingerprint density at radius 1 is 0.933 bits per heavy atom. The quantitative estimate of drug-likeness (QED) is 0.689. The molecule has 0 aliphatic heterocycles. The van der Waals surface area contributed by atoms with E-state index in [2.05, 4.69) is 20.8 Å². The standard InChI is InChI=1S/C10H15BO2.C2H6/c1-10(2,3)8-4-6-9(7-5-8)11(12)13;1-2/h4-7,12-13H,1-3H3;1-2H3. The van der Waals surface area contributed by atoms with Gasteiger partial charge in [-0.15, -0.1) is 0 Å². The maximum atomic E-state index is 8.87. The minimum absolute atomic E-state index is 0.110. The highest BCUT2D eigenvalue weighted by atomic mass is 16.4. The van der Waals surface area contributed by atoms with Crippen LogP contribution in [0.5, 0.6) is 0 Å². The van der Waals surface area contributed by atoms with E-state index in [1.54, 1.807) is 12.1 Å². The molecular weight excluding hydrogens is 187 g/mol. The van der Waals surface area contributed by atoms with Crippen molar-refractivity contribution in [1.82, 2.24) is 0 Å². The van der Waals surface area contributed by atoms with E-state index < -0.39 is 7.12 Å². The molecule has 2 N–H and O–H groups in total. The SMILES string of the molecule is CC.CC(C)(C)c1ccc(B(O)O)cc1. The molecule has 0 aliphatic carbocycles. The third kappa shape index (κ3) is 4.49. The van der Waals surface area contributed by atoms with Gasteiger partial charge in [0.25, 0.3) is 0 Å². The lowest BCUT2D eigenvalue weighted by molar-refractivity contribution is 0.425. The van der Waals surface area contributed by atoms with Crippen molar-refractivity contribution in [2.45, 2.75) is 40.0 Å². The van der Waals surface area contributed by atoms with Crippen molar-refractivity contribution in [2.24, 2.45) is 0 Å². The highest BCUT2D eigenvalue weighted by Crippen LogP contribution is 2.20. The molecule has 0 amide bonds. The predicted molar refractivity (Wildman–Crippen MR) is 66.3 cm³/mol. The lowest BCUT2D eigenvalue weighted by Crippen LogP contribution is -2.29. The van der Waals surface area contributed by atoms with Gasteiger partial charge < -0.3 is 10.0 Å². The Balaban J connectivity index is 0.000000921. The molecule has 0 fully saturated rings. The Morgan fingerprint density at radius 2 is 1.33 bits per heavy atom. The highest BCUT2D eigenvalue weighted by Gasteiger charge is 2.15. The minimum atomic E-state index is -1.37. The maximum absolute atomic E-state index is 8.87. The van der Waals surface area contributed by atoms with Crippen LogP contribution in [0.4, 0.5) is 0 Å². The summed E-state index contributed by atoms with van der Waals surface area (Å²) >= 11 is 0. The van der Waals surface area contributed by atoms with Gasteiger partial charge in [-0.25, -0.2) is 0 Å². The monoisotopic (exact) mass is 208 g/mol. The summed E-state index contributed by atoms with van der Waals surface area (Å²) < 4.78 is 0. The molecule has 0 saturated heterocycles. The Hall–Kier alpha value is -0.795. The van der Waals surface area contributed by atoms with E-state index >= 15 is 0 Å². The molecule has 0 spiro atoms. The fourth-order valence-electron chi connectivity index (χ4n) is 1.16. The molecule has 1 rings (SSSR count). The summed E-state index contributed by atoms with van der Waals surface area (Å²) in [7, 11) is -1.37. The van der Waals surface area contributed by atoms with E-state index in [4.69, 9.17) is 10.0 Å². The summed E-state index contributed by atoms with van der Waals surface area (Å²) in [6, 6.07) is 7.33. The second kappa shape index (κ2) is 5.94. The summed E-state index contributed by atoms with van der Waals surface area (Å²) in [6.07, 6.45) is 0. The van der Waals surface area contributed by atoms with Gasteiger partial charge in [0.2, 0.25) is 0 Å². The first-order valence-electron chi connectivity index (χ1n) is 5.38. The molecule has 0 heterocycles. The van der Waals surface area contributed by atoms with Crippen LogP contribution in [0.1, 0.15) is 40.2 Å². The Bertz CT molecular complexity index is 273. The van der Waals surface area contributed by atoms with E-state index in [-0.39, 0.29) is 5.41 Å². The fraction of sp³-hybridized carbons (Fsp3) is 0.500. The van der Waals surface area contributed by atoms with Gasteiger partial charge in [0.15, 0.2) is 0 Å². The molecule has 1 aromatic carbocycles. The van der Waals surface area contributed by atoms with Gasteiger partial charge in [0, 0.05) is 0 Å². The molecule has 0 bridgehead atoms. The van der Waals surface area contributed by atoms with Crippen molar-refractivity contribution in [2.75, 3.05) is 0 Å². The van der Waals surface area contributed by atoms with Crippen LogP contribution in [-0.4, -0.2) is 17.2 Å². The summed E-state index contributed by atoms with van der Waals surface area (Å²) in [6.45, 7) is 10.4. The predicted octanol–water partition coefficient (Wildman–Crippen LogP) is 1.69.